The Kier molecular flexibility index (Phi) is 11.3. The van der Waals surface area contributed by atoms with Gasteiger partial charge in [-0.1, -0.05) is 72.0 Å². The third-order valence-corrected chi connectivity index (χ3v) is 9.21. The van der Waals surface area contributed by atoms with Crippen LogP contribution >= 0.6 is 11.3 Å². The minimum absolute atomic E-state index is 0.161. The molecule has 0 spiro atoms. The third-order valence-electron chi connectivity index (χ3n) is 8.23. The van der Waals surface area contributed by atoms with Gasteiger partial charge in [0.15, 0.2) is 16.3 Å². The van der Waals surface area contributed by atoms with E-state index < -0.39 is 12.0 Å². The molecule has 10 nitrogen and oxygen atoms in total. The highest BCUT2D eigenvalue weighted by molar-refractivity contribution is 7.07. The smallest absolute Gasteiger partial charge is 0.338 e. The fourth-order valence-corrected chi connectivity index (χ4v) is 6.83. The van der Waals surface area contributed by atoms with Gasteiger partial charge >= 0.3 is 11.9 Å². The van der Waals surface area contributed by atoms with E-state index in [1.807, 2.05) is 79.7 Å². The molecule has 0 fully saturated rings. The first-order valence-corrected chi connectivity index (χ1v) is 17.7. The molecule has 2 heterocycles. The maximum atomic E-state index is 14.3. The molecule has 0 radical (unpaired) electrons. The molecule has 6 rings (SSSR count). The van der Waals surface area contributed by atoms with E-state index in [4.69, 9.17) is 28.7 Å². The number of nitrogens with zero attached hydrogens (tertiary/aromatic N) is 2. The van der Waals surface area contributed by atoms with Crippen molar-refractivity contribution in [1.29, 1.82) is 0 Å². The third kappa shape index (κ3) is 7.69. The zero-order chi connectivity index (χ0) is 36.6. The van der Waals surface area contributed by atoms with E-state index in [2.05, 4.69) is 0 Å². The number of carbonyl (C=O) groups is 2. The van der Waals surface area contributed by atoms with Crippen LogP contribution in [0.25, 0.3) is 11.8 Å². The molecule has 1 atom stereocenters. The maximum Gasteiger partial charge on any atom is 0.338 e. The van der Waals surface area contributed by atoms with Crippen LogP contribution in [0.3, 0.4) is 0 Å². The molecular formula is C41H38N2O8S. The lowest BCUT2D eigenvalue weighted by Crippen LogP contribution is -2.40. The van der Waals surface area contributed by atoms with Crippen LogP contribution in [-0.2, 0) is 20.9 Å². The molecular weight excluding hydrogens is 681 g/mol. The van der Waals surface area contributed by atoms with Gasteiger partial charge < -0.3 is 23.7 Å². The van der Waals surface area contributed by atoms with Crippen molar-refractivity contribution in [3.8, 4) is 17.2 Å². The lowest BCUT2D eigenvalue weighted by atomic mass is 9.93. The fourth-order valence-electron chi connectivity index (χ4n) is 5.83. The van der Waals surface area contributed by atoms with Gasteiger partial charge in [-0.25, -0.2) is 14.6 Å². The first kappa shape index (κ1) is 35.9. The van der Waals surface area contributed by atoms with Crippen LogP contribution < -0.4 is 29.1 Å². The molecule has 0 amide bonds. The van der Waals surface area contributed by atoms with Crippen LogP contribution in [-0.4, -0.2) is 43.4 Å². The summed E-state index contributed by atoms with van der Waals surface area (Å²) >= 11 is 1.24. The number of ether oxygens (including phenoxy) is 5. The van der Waals surface area contributed by atoms with Gasteiger partial charge in [-0.2, -0.15) is 0 Å². The van der Waals surface area contributed by atoms with Crippen molar-refractivity contribution in [1.82, 2.24) is 4.57 Å². The second-order valence-corrected chi connectivity index (χ2v) is 12.6. The summed E-state index contributed by atoms with van der Waals surface area (Å²) in [6, 6.07) is 28.4. The Labute approximate surface area is 304 Å². The molecule has 0 saturated heterocycles. The lowest BCUT2D eigenvalue weighted by molar-refractivity contribution is -0.138. The Hall–Kier alpha value is -5.94. The highest BCUT2D eigenvalue weighted by atomic mass is 32.1. The zero-order valence-corrected chi connectivity index (χ0v) is 30.1. The summed E-state index contributed by atoms with van der Waals surface area (Å²) in [6.07, 6.45) is 1.77. The average Bonchev–Trinajstić information content (AvgIpc) is 3.48. The molecule has 0 N–H and O–H groups in total. The molecule has 1 aromatic heterocycles. The van der Waals surface area contributed by atoms with Gasteiger partial charge in [0.1, 0.15) is 12.4 Å². The predicted octanol–water partition coefficient (Wildman–Crippen LogP) is 6.10. The number of hydrogen-bond acceptors (Lipinski definition) is 10. The predicted molar refractivity (Wildman–Crippen MR) is 198 cm³/mol. The average molecular weight is 719 g/mol. The standard InChI is InChI=1S/C41H38N2O8S/c1-5-48-31-20-18-29(19-21-31)37-35(40(46)50-7-3)36(28-11-9-8-10-12-28)42-41-43(37)38(44)34(52-41)24-27-15-22-32(33(23-27)47-4)51-25-26-13-16-30(17-14-26)39(45)49-6-2/h8-24,37H,5-7,25H2,1-4H3/b34-24-/t37-/m0/s1. The zero-order valence-electron chi connectivity index (χ0n) is 29.3. The maximum absolute atomic E-state index is 14.3. The monoisotopic (exact) mass is 718 g/mol. The summed E-state index contributed by atoms with van der Waals surface area (Å²) in [5.74, 6) is 0.748. The van der Waals surface area contributed by atoms with E-state index in [0.717, 1.165) is 11.1 Å². The number of benzene rings is 4. The van der Waals surface area contributed by atoms with Gasteiger partial charge in [0.05, 0.1) is 54.3 Å². The quantitative estimate of drug-likeness (QED) is 0.134. The van der Waals surface area contributed by atoms with Crippen LogP contribution in [0.5, 0.6) is 17.2 Å². The summed E-state index contributed by atoms with van der Waals surface area (Å²) in [5, 5.41) is 0. The molecule has 4 aromatic carbocycles. The van der Waals surface area contributed by atoms with Gasteiger partial charge in [-0.15, -0.1) is 0 Å². The van der Waals surface area contributed by atoms with Gasteiger partial charge in [-0.3, -0.25) is 9.36 Å². The van der Waals surface area contributed by atoms with Crippen LogP contribution in [0.4, 0.5) is 0 Å². The summed E-state index contributed by atoms with van der Waals surface area (Å²) in [5.41, 5.74) is 3.90. The van der Waals surface area contributed by atoms with E-state index >= 15 is 0 Å². The number of rotatable bonds is 13. The summed E-state index contributed by atoms with van der Waals surface area (Å²) in [7, 11) is 1.55. The van der Waals surface area contributed by atoms with Crippen LogP contribution in [0.2, 0.25) is 0 Å². The van der Waals surface area contributed by atoms with E-state index in [9.17, 15) is 14.4 Å². The van der Waals surface area contributed by atoms with E-state index in [-0.39, 0.29) is 30.3 Å². The Morgan fingerprint density at radius 2 is 1.52 bits per heavy atom. The SMILES string of the molecule is CCOC(=O)C1=C(c2ccccc2)N=c2s/c(=C\c3ccc(OCc4ccc(C(=O)OCC)cc4)c(OC)c3)c(=O)n2[C@H]1c1ccc(OCC)cc1. The molecule has 52 heavy (non-hydrogen) atoms. The van der Waals surface area contributed by atoms with Crippen molar-refractivity contribution in [2.24, 2.45) is 4.99 Å². The van der Waals surface area contributed by atoms with Gasteiger partial charge in [0.25, 0.3) is 5.56 Å². The van der Waals surface area contributed by atoms with Crippen molar-refractivity contribution in [3.05, 3.63) is 150 Å². The number of aromatic nitrogens is 1. The molecule has 0 unspecified atom stereocenters. The summed E-state index contributed by atoms with van der Waals surface area (Å²) < 4.78 is 30.0. The highest BCUT2D eigenvalue weighted by Gasteiger charge is 2.35. The first-order chi connectivity index (χ1) is 25.3. The van der Waals surface area contributed by atoms with Crippen LogP contribution in [0.1, 0.15) is 59.4 Å². The number of esters is 2. The van der Waals surface area contributed by atoms with E-state index in [1.54, 1.807) is 55.9 Å². The lowest BCUT2D eigenvalue weighted by Gasteiger charge is -2.26. The number of methoxy groups -OCH3 is 1. The molecule has 0 saturated carbocycles. The van der Waals surface area contributed by atoms with E-state index in [0.29, 0.717) is 62.2 Å². The second-order valence-electron chi connectivity index (χ2n) is 11.5. The topological polar surface area (TPSA) is 115 Å². The van der Waals surface area contributed by atoms with Crippen molar-refractivity contribution in [2.45, 2.75) is 33.4 Å². The Balaban J connectivity index is 1.39. The van der Waals surface area contributed by atoms with E-state index in [1.165, 1.54) is 11.3 Å². The van der Waals surface area contributed by atoms with Crippen molar-refractivity contribution >= 4 is 35.0 Å². The van der Waals surface area contributed by atoms with Crippen molar-refractivity contribution in [2.75, 3.05) is 26.9 Å². The molecule has 266 valence electrons. The van der Waals surface area contributed by atoms with Crippen molar-refractivity contribution in [3.63, 3.8) is 0 Å². The Morgan fingerprint density at radius 3 is 2.19 bits per heavy atom. The largest absolute Gasteiger partial charge is 0.494 e. The summed E-state index contributed by atoms with van der Waals surface area (Å²) in [4.78, 5) is 45.4. The fraction of sp³-hybridized carbons (Fsp3) is 0.220. The minimum Gasteiger partial charge on any atom is -0.494 e. The second kappa shape index (κ2) is 16.4. The minimum atomic E-state index is -0.806. The molecule has 5 aromatic rings. The van der Waals surface area contributed by atoms with Gasteiger partial charge in [-0.05, 0) is 79.9 Å². The molecule has 11 heteroatoms. The number of fused-ring (bicyclic) bond motifs is 1. The number of thiazole rings is 1. The van der Waals surface area contributed by atoms with Gasteiger partial charge in [0, 0.05) is 5.56 Å². The van der Waals surface area contributed by atoms with Crippen molar-refractivity contribution < 1.29 is 33.3 Å². The van der Waals surface area contributed by atoms with Gasteiger partial charge in [0.2, 0.25) is 0 Å². The van der Waals surface area contributed by atoms with Crippen LogP contribution in [0.15, 0.2) is 112 Å². The number of carbonyl (C=O) groups excluding carboxylic acids is 2. The number of hydrogen-bond donors (Lipinski definition) is 0. The first-order valence-electron chi connectivity index (χ1n) is 16.9. The molecule has 0 aliphatic carbocycles. The Morgan fingerprint density at radius 1 is 0.808 bits per heavy atom. The molecule has 0 bridgehead atoms. The highest BCUT2D eigenvalue weighted by Crippen LogP contribution is 2.36. The molecule has 1 aliphatic heterocycles. The molecule has 1 aliphatic rings. The summed E-state index contributed by atoms with van der Waals surface area (Å²) in [6.45, 7) is 6.64. The normalized spacial score (nSPS) is 13.9. The Bertz CT molecular complexity index is 2270. The van der Waals surface area contributed by atoms with Crippen LogP contribution in [0, 0.1) is 0 Å².